The second kappa shape index (κ2) is 5.50. The van der Waals surface area contributed by atoms with E-state index in [1.807, 2.05) is 0 Å². The molecule has 0 spiro atoms. The molecule has 0 aliphatic rings. The van der Waals surface area contributed by atoms with Gasteiger partial charge in [0.15, 0.2) is 5.16 Å². The lowest BCUT2D eigenvalue weighted by molar-refractivity contribution is 0.0693. The number of carboxylic acid groups (broad SMARTS) is 1. The van der Waals surface area contributed by atoms with E-state index < -0.39 is 5.97 Å². The highest BCUT2D eigenvalue weighted by Gasteiger charge is 2.15. The van der Waals surface area contributed by atoms with Gasteiger partial charge in [0.1, 0.15) is 0 Å². The van der Waals surface area contributed by atoms with E-state index in [-0.39, 0.29) is 11.3 Å². The first-order valence-electron chi connectivity index (χ1n) is 5.38. The lowest BCUT2D eigenvalue weighted by atomic mass is 10.2. The maximum absolute atomic E-state index is 11.4. The lowest BCUT2D eigenvalue weighted by Gasteiger charge is -2.06. The van der Waals surface area contributed by atoms with Crippen LogP contribution in [0, 0.1) is 0 Å². The summed E-state index contributed by atoms with van der Waals surface area (Å²) < 4.78 is 1.42. The molecule has 0 saturated heterocycles. The Morgan fingerprint density at radius 1 is 1.58 bits per heavy atom. The Kier molecular flexibility index (Phi) is 3.96. The van der Waals surface area contributed by atoms with Crippen LogP contribution in [0.3, 0.4) is 0 Å². The third kappa shape index (κ3) is 2.82. The molecule has 1 aromatic heterocycles. The largest absolute Gasteiger partial charge is 0.478 e. The first-order chi connectivity index (χ1) is 9.02. The maximum atomic E-state index is 11.4. The standard InChI is InChI=1S/C11H10ClN3O3S/c1-2-15-10(18)13-14-11(15)19-8-4-3-6(12)5-7(8)9(16)17/h3-5H,2H2,1H3,(H,13,18)(H,16,17). The summed E-state index contributed by atoms with van der Waals surface area (Å²) in [6.45, 7) is 2.26. The van der Waals surface area contributed by atoms with Gasteiger partial charge >= 0.3 is 11.7 Å². The van der Waals surface area contributed by atoms with Crippen molar-refractivity contribution >= 4 is 29.3 Å². The molecule has 0 amide bonds. The number of hydrogen-bond donors (Lipinski definition) is 2. The van der Waals surface area contributed by atoms with Crippen LogP contribution in [-0.2, 0) is 6.54 Å². The van der Waals surface area contributed by atoms with E-state index in [1.54, 1.807) is 19.1 Å². The van der Waals surface area contributed by atoms with Gasteiger partial charge in [-0.1, -0.05) is 11.6 Å². The monoisotopic (exact) mass is 299 g/mol. The topological polar surface area (TPSA) is 88.0 Å². The average Bonchev–Trinajstić information content (AvgIpc) is 2.71. The number of rotatable bonds is 4. The quantitative estimate of drug-likeness (QED) is 0.902. The Balaban J connectivity index is 2.43. The first kappa shape index (κ1) is 13.7. The van der Waals surface area contributed by atoms with Crippen LogP contribution in [0.2, 0.25) is 5.02 Å². The van der Waals surface area contributed by atoms with E-state index in [2.05, 4.69) is 10.2 Å². The number of aromatic nitrogens is 3. The Hall–Kier alpha value is -1.73. The Morgan fingerprint density at radius 3 is 2.95 bits per heavy atom. The summed E-state index contributed by atoms with van der Waals surface area (Å²) in [5.74, 6) is -1.08. The summed E-state index contributed by atoms with van der Waals surface area (Å²) in [6.07, 6.45) is 0. The number of nitrogens with one attached hydrogen (secondary N) is 1. The molecule has 100 valence electrons. The smallest absolute Gasteiger partial charge is 0.343 e. The van der Waals surface area contributed by atoms with E-state index >= 15 is 0 Å². The van der Waals surface area contributed by atoms with Crippen molar-refractivity contribution in [1.29, 1.82) is 0 Å². The van der Waals surface area contributed by atoms with E-state index in [9.17, 15) is 9.59 Å². The van der Waals surface area contributed by atoms with Gasteiger partial charge < -0.3 is 5.11 Å². The molecule has 1 aromatic carbocycles. The van der Waals surface area contributed by atoms with Gasteiger partial charge in [-0.25, -0.2) is 14.7 Å². The third-order valence-corrected chi connectivity index (χ3v) is 3.72. The minimum atomic E-state index is -1.08. The number of H-pyrrole nitrogens is 1. The van der Waals surface area contributed by atoms with Crippen LogP contribution < -0.4 is 5.69 Å². The van der Waals surface area contributed by atoms with E-state index in [1.165, 1.54) is 10.6 Å². The Labute approximate surface area is 117 Å². The van der Waals surface area contributed by atoms with Gasteiger partial charge in [-0.15, -0.1) is 5.10 Å². The fraction of sp³-hybridized carbons (Fsp3) is 0.182. The number of aromatic carboxylic acids is 1. The normalized spacial score (nSPS) is 10.6. The number of carbonyl (C=O) groups is 1. The summed E-state index contributed by atoms with van der Waals surface area (Å²) >= 11 is 6.88. The zero-order valence-electron chi connectivity index (χ0n) is 9.88. The van der Waals surface area contributed by atoms with Gasteiger partial charge in [0.05, 0.1) is 5.56 Å². The molecule has 0 bridgehead atoms. The summed E-state index contributed by atoms with van der Waals surface area (Å²) in [7, 11) is 0. The Morgan fingerprint density at radius 2 is 2.32 bits per heavy atom. The van der Waals surface area contributed by atoms with E-state index in [4.69, 9.17) is 16.7 Å². The number of aromatic amines is 1. The van der Waals surface area contributed by atoms with Crippen LogP contribution in [0.1, 0.15) is 17.3 Å². The van der Waals surface area contributed by atoms with Crippen molar-refractivity contribution in [3.8, 4) is 0 Å². The summed E-state index contributed by atoms with van der Waals surface area (Å²) in [4.78, 5) is 23.1. The van der Waals surface area contributed by atoms with Gasteiger partial charge in [-0.05, 0) is 36.9 Å². The maximum Gasteiger partial charge on any atom is 0.343 e. The molecule has 0 aliphatic carbocycles. The zero-order chi connectivity index (χ0) is 14.0. The highest BCUT2D eigenvalue weighted by molar-refractivity contribution is 7.99. The van der Waals surface area contributed by atoms with Crippen molar-refractivity contribution in [3.63, 3.8) is 0 Å². The second-order valence-corrected chi connectivity index (χ2v) is 5.05. The van der Waals surface area contributed by atoms with Crippen LogP contribution >= 0.6 is 23.4 Å². The molecule has 1 heterocycles. The predicted molar refractivity (Wildman–Crippen MR) is 71.1 cm³/mol. The van der Waals surface area contributed by atoms with Crippen molar-refractivity contribution in [2.45, 2.75) is 23.5 Å². The molecular weight excluding hydrogens is 290 g/mol. The number of hydrogen-bond acceptors (Lipinski definition) is 4. The fourth-order valence-corrected chi connectivity index (χ4v) is 2.69. The lowest BCUT2D eigenvalue weighted by Crippen LogP contribution is -2.16. The SMILES string of the molecule is CCn1c(Sc2ccc(Cl)cc2C(=O)O)n[nH]c1=O. The molecule has 0 aliphatic heterocycles. The van der Waals surface area contributed by atoms with Crippen LogP contribution in [0.15, 0.2) is 33.0 Å². The third-order valence-electron chi connectivity index (χ3n) is 2.41. The van der Waals surface area contributed by atoms with Crippen LogP contribution in [-0.4, -0.2) is 25.8 Å². The van der Waals surface area contributed by atoms with Crippen molar-refractivity contribution in [1.82, 2.24) is 14.8 Å². The molecule has 0 radical (unpaired) electrons. The van der Waals surface area contributed by atoms with Gasteiger partial charge in [0.2, 0.25) is 0 Å². The highest BCUT2D eigenvalue weighted by Crippen LogP contribution is 2.30. The van der Waals surface area contributed by atoms with E-state index in [0.717, 1.165) is 11.8 Å². The van der Waals surface area contributed by atoms with Crippen molar-refractivity contribution in [3.05, 3.63) is 39.3 Å². The number of carboxylic acids is 1. The van der Waals surface area contributed by atoms with Crippen LogP contribution in [0.5, 0.6) is 0 Å². The minimum Gasteiger partial charge on any atom is -0.478 e. The Bertz CT molecular complexity index is 680. The van der Waals surface area contributed by atoms with Gasteiger partial charge in [-0.2, -0.15) is 0 Å². The molecule has 0 unspecified atom stereocenters. The second-order valence-electron chi connectivity index (χ2n) is 3.60. The molecule has 8 heteroatoms. The molecule has 2 N–H and O–H groups in total. The molecule has 19 heavy (non-hydrogen) atoms. The summed E-state index contributed by atoms with van der Waals surface area (Å²) in [5, 5.41) is 16.1. The van der Waals surface area contributed by atoms with Crippen molar-refractivity contribution in [2.24, 2.45) is 0 Å². The molecule has 0 atom stereocenters. The first-order valence-corrected chi connectivity index (χ1v) is 6.58. The molecule has 0 saturated carbocycles. The minimum absolute atomic E-state index is 0.0793. The predicted octanol–water partition coefficient (Wildman–Crippen LogP) is 2.09. The fourth-order valence-electron chi connectivity index (χ4n) is 1.52. The molecule has 2 aromatic rings. The number of benzene rings is 1. The van der Waals surface area contributed by atoms with Crippen molar-refractivity contribution < 1.29 is 9.90 Å². The summed E-state index contributed by atoms with van der Waals surface area (Å²) in [5.41, 5.74) is -0.244. The van der Waals surface area contributed by atoms with Gasteiger partial charge in [-0.3, -0.25) is 4.57 Å². The van der Waals surface area contributed by atoms with Crippen LogP contribution in [0.4, 0.5) is 0 Å². The van der Waals surface area contributed by atoms with Crippen LogP contribution in [0.25, 0.3) is 0 Å². The van der Waals surface area contributed by atoms with Gasteiger partial charge in [0, 0.05) is 16.5 Å². The number of halogens is 1. The molecular formula is C11H10ClN3O3S. The molecule has 2 rings (SSSR count). The molecule has 0 fully saturated rings. The summed E-state index contributed by atoms with van der Waals surface area (Å²) in [6, 6.07) is 4.56. The van der Waals surface area contributed by atoms with Crippen molar-refractivity contribution in [2.75, 3.05) is 0 Å². The zero-order valence-corrected chi connectivity index (χ0v) is 11.5. The highest BCUT2D eigenvalue weighted by atomic mass is 35.5. The number of nitrogens with zero attached hydrogens (tertiary/aromatic N) is 2. The average molecular weight is 300 g/mol. The van der Waals surface area contributed by atoms with Gasteiger partial charge in [0.25, 0.3) is 0 Å². The molecule has 6 nitrogen and oxygen atoms in total. The van der Waals surface area contributed by atoms with E-state index in [0.29, 0.717) is 21.6 Å².